The molecule has 0 aliphatic rings. The van der Waals surface area contributed by atoms with Crippen molar-refractivity contribution < 1.29 is 9.47 Å². The SMILES string of the molecule is CCc1ccccc1CN=C(N)NCCc1ccc(OC)c(OC)c1. The molecule has 0 unspecified atom stereocenters. The topological polar surface area (TPSA) is 68.9 Å². The summed E-state index contributed by atoms with van der Waals surface area (Å²) >= 11 is 0. The first-order valence-electron chi connectivity index (χ1n) is 8.49. The van der Waals surface area contributed by atoms with Crippen molar-refractivity contribution in [1.82, 2.24) is 5.32 Å². The van der Waals surface area contributed by atoms with Gasteiger partial charge in [-0.2, -0.15) is 0 Å². The highest BCUT2D eigenvalue weighted by Gasteiger charge is 2.04. The van der Waals surface area contributed by atoms with Gasteiger partial charge < -0.3 is 20.5 Å². The zero-order chi connectivity index (χ0) is 18.1. The van der Waals surface area contributed by atoms with Crippen LogP contribution in [0.15, 0.2) is 47.5 Å². The maximum Gasteiger partial charge on any atom is 0.188 e. The normalized spacial score (nSPS) is 11.2. The van der Waals surface area contributed by atoms with Gasteiger partial charge in [0.2, 0.25) is 0 Å². The Morgan fingerprint density at radius 2 is 1.76 bits per heavy atom. The highest BCUT2D eigenvalue weighted by molar-refractivity contribution is 5.77. The van der Waals surface area contributed by atoms with Gasteiger partial charge in [0.05, 0.1) is 20.8 Å². The van der Waals surface area contributed by atoms with Crippen LogP contribution in [0.3, 0.4) is 0 Å². The Bertz CT molecular complexity index is 714. The lowest BCUT2D eigenvalue weighted by Gasteiger charge is -2.10. The third-order valence-electron chi connectivity index (χ3n) is 4.09. The van der Waals surface area contributed by atoms with E-state index in [4.69, 9.17) is 15.2 Å². The highest BCUT2D eigenvalue weighted by Crippen LogP contribution is 2.27. The molecule has 0 amide bonds. The van der Waals surface area contributed by atoms with E-state index in [0.29, 0.717) is 19.0 Å². The highest BCUT2D eigenvalue weighted by atomic mass is 16.5. The molecule has 5 nitrogen and oxygen atoms in total. The summed E-state index contributed by atoms with van der Waals surface area (Å²) in [6.07, 6.45) is 1.82. The molecule has 0 fully saturated rings. The van der Waals surface area contributed by atoms with E-state index in [1.54, 1.807) is 14.2 Å². The summed E-state index contributed by atoms with van der Waals surface area (Å²) in [5.41, 5.74) is 9.65. The van der Waals surface area contributed by atoms with Crippen LogP contribution in [0.2, 0.25) is 0 Å². The van der Waals surface area contributed by atoms with E-state index in [9.17, 15) is 0 Å². The summed E-state index contributed by atoms with van der Waals surface area (Å²) in [7, 11) is 3.27. The van der Waals surface area contributed by atoms with Crippen LogP contribution >= 0.6 is 0 Å². The van der Waals surface area contributed by atoms with Crippen molar-refractivity contribution in [2.24, 2.45) is 10.7 Å². The fourth-order valence-electron chi connectivity index (χ4n) is 2.65. The average Bonchev–Trinajstić information content (AvgIpc) is 2.66. The molecule has 2 rings (SSSR count). The van der Waals surface area contributed by atoms with Crippen molar-refractivity contribution in [3.63, 3.8) is 0 Å². The number of nitrogens with two attached hydrogens (primary N) is 1. The van der Waals surface area contributed by atoms with E-state index in [0.717, 1.165) is 29.9 Å². The van der Waals surface area contributed by atoms with Gasteiger partial charge in [0.1, 0.15) is 0 Å². The van der Waals surface area contributed by atoms with Crippen LogP contribution in [0.1, 0.15) is 23.6 Å². The van der Waals surface area contributed by atoms with E-state index in [2.05, 4.69) is 35.4 Å². The van der Waals surface area contributed by atoms with Crippen molar-refractivity contribution in [3.05, 3.63) is 59.2 Å². The van der Waals surface area contributed by atoms with Crippen LogP contribution in [-0.2, 0) is 19.4 Å². The first-order valence-corrected chi connectivity index (χ1v) is 8.49. The molecule has 3 N–H and O–H groups in total. The van der Waals surface area contributed by atoms with E-state index < -0.39 is 0 Å². The third-order valence-corrected chi connectivity index (χ3v) is 4.09. The van der Waals surface area contributed by atoms with Gasteiger partial charge in [0.15, 0.2) is 17.5 Å². The van der Waals surface area contributed by atoms with Crippen molar-refractivity contribution in [2.75, 3.05) is 20.8 Å². The Morgan fingerprint density at radius 3 is 2.44 bits per heavy atom. The predicted octanol–water partition coefficient (Wildman–Crippen LogP) is 2.91. The number of methoxy groups -OCH3 is 2. The summed E-state index contributed by atoms with van der Waals surface area (Å²) in [6.45, 7) is 3.45. The number of benzene rings is 2. The van der Waals surface area contributed by atoms with Crippen LogP contribution < -0.4 is 20.5 Å². The second kappa shape index (κ2) is 9.57. The number of hydrogen-bond donors (Lipinski definition) is 2. The lowest BCUT2D eigenvalue weighted by molar-refractivity contribution is 0.354. The zero-order valence-electron chi connectivity index (χ0n) is 15.2. The number of guanidine groups is 1. The van der Waals surface area contributed by atoms with E-state index in [1.165, 1.54) is 11.1 Å². The summed E-state index contributed by atoms with van der Waals surface area (Å²) in [4.78, 5) is 4.43. The minimum Gasteiger partial charge on any atom is -0.493 e. The molecule has 0 spiro atoms. The molecular weight excluding hydrogens is 314 g/mol. The first-order chi connectivity index (χ1) is 12.2. The molecule has 0 radical (unpaired) electrons. The van der Waals surface area contributed by atoms with Gasteiger partial charge in [-0.1, -0.05) is 37.3 Å². The largest absolute Gasteiger partial charge is 0.493 e. The van der Waals surface area contributed by atoms with Crippen LogP contribution in [-0.4, -0.2) is 26.7 Å². The lowest BCUT2D eigenvalue weighted by atomic mass is 10.1. The van der Waals surface area contributed by atoms with Gasteiger partial charge in [-0.3, -0.25) is 0 Å². The van der Waals surface area contributed by atoms with Gasteiger partial charge in [0, 0.05) is 6.54 Å². The quantitative estimate of drug-likeness (QED) is 0.572. The minimum atomic E-state index is 0.464. The number of ether oxygens (including phenoxy) is 2. The van der Waals surface area contributed by atoms with Crippen LogP contribution in [0.5, 0.6) is 11.5 Å². The summed E-state index contributed by atoms with van der Waals surface area (Å²) in [5, 5.41) is 3.16. The molecule has 0 aromatic heterocycles. The van der Waals surface area contributed by atoms with Gasteiger partial charge >= 0.3 is 0 Å². The number of nitrogens with zero attached hydrogens (tertiary/aromatic N) is 1. The van der Waals surface area contributed by atoms with E-state index in [1.807, 2.05) is 24.3 Å². The Kier molecular flexibility index (Phi) is 7.14. The van der Waals surface area contributed by atoms with Gasteiger partial charge in [-0.05, 0) is 41.7 Å². The molecule has 25 heavy (non-hydrogen) atoms. The average molecular weight is 341 g/mol. The first kappa shape index (κ1) is 18.6. The fraction of sp³-hybridized carbons (Fsp3) is 0.350. The standard InChI is InChI=1S/C20H27N3O2/c1-4-16-7-5-6-8-17(16)14-23-20(21)22-12-11-15-9-10-18(24-2)19(13-15)25-3/h5-10,13H,4,11-12,14H2,1-3H3,(H3,21,22,23). The molecule has 0 aliphatic heterocycles. The molecule has 0 atom stereocenters. The molecule has 0 saturated heterocycles. The van der Waals surface area contributed by atoms with Gasteiger partial charge in [-0.25, -0.2) is 4.99 Å². The van der Waals surface area contributed by atoms with Crippen LogP contribution in [0.25, 0.3) is 0 Å². The van der Waals surface area contributed by atoms with E-state index in [-0.39, 0.29) is 0 Å². The Labute approximate surface area is 149 Å². The fourth-order valence-corrected chi connectivity index (χ4v) is 2.65. The zero-order valence-corrected chi connectivity index (χ0v) is 15.2. The van der Waals surface area contributed by atoms with Gasteiger partial charge in [-0.15, -0.1) is 0 Å². The third kappa shape index (κ3) is 5.41. The Hall–Kier alpha value is -2.69. The monoisotopic (exact) mass is 341 g/mol. The molecular formula is C20H27N3O2. The predicted molar refractivity (Wildman–Crippen MR) is 102 cm³/mol. The van der Waals surface area contributed by atoms with Crippen molar-refractivity contribution in [1.29, 1.82) is 0 Å². The van der Waals surface area contributed by atoms with Crippen LogP contribution in [0.4, 0.5) is 0 Å². The lowest BCUT2D eigenvalue weighted by Crippen LogP contribution is -2.33. The number of nitrogens with one attached hydrogen (secondary N) is 1. The summed E-state index contributed by atoms with van der Waals surface area (Å²) < 4.78 is 10.6. The molecule has 0 saturated carbocycles. The Morgan fingerprint density at radius 1 is 1.04 bits per heavy atom. The minimum absolute atomic E-state index is 0.464. The maximum atomic E-state index is 5.97. The number of rotatable bonds is 8. The molecule has 0 bridgehead atoms. The second-order valence-corrected chi connectivity index (χ2v) is 5.69. The molecule has 0 heterocycles. The second-order valence-electron chi connectivity index (χ2n) is 5.69. The van der Waals surface area contributed by atoms with Crippen molar-refractivity contribution in [3.8, 4) is 11.5 Å². The number of aliphatic imine (C=N–C) groups is 1. The van der Waals surface area contributed by atoms with Crippen molar-refractivity contribution in [2.45, 2.75) is 26.3 Å². The molecule has 134 valence electrons. The van der Waals surface area contributed by atoms with E-state index >= 15 is 0 Å². The molecule has 2 aromatic carbocycles. The van der Waals surface area contributed by atoms with Crippen LogP contribution in [0, 0.1) is 0 Å². The molecule has 0 aliphatic carbocycles. The number of aryl methyl sites for hydroxylation is 1. The maximum absolute atomic E-state index is 5.97. The smallest absolute Gasteiger partial charge is 0.188 e. The summed E-state index contributed by atoms with van der Waals surface area (Å²) in [6, 6.07) is 14.2. The van der Waals surface area contributed by atoms with Gasteiger partial charge in [0.25, 0.3) is 0 Å². The molecule has 2 aromatic rings. The Balaban J connectivity index is 1.86. The molecule has 5 heteroatoms. The van der Waals surface area contributed by atoms with Crippen molar-refractivity contribution >= 4 is 5.96 Å². The summed E-state index contributed by atoms with van der Waals surface area (Å²) in [5.74, 6) is 1.93. The number of hydrogen-bond acceptors (Lipinski definition) is 3.